The van der Waals surface area contributed by atoms with Crippen LogP contribution in [0.4, 0.5) is 0 Å². The zero-order valence-electron chi connectivity index (χ0n) is 14.5. The quantitative estimate of drug-likeness (QED) is 0.786. The van der Waals surface area contributed by atoms with E-state index in [0.29, 0.717) is 12.2 Å². The number of phenolic OH excluding ortho intramolecular Hbond substituents is 1. The van der Waals surface area contributed by atoms with Crippen LogP contribution in [0, 0.1) is 0 Å². The highest BCUT2D eigenvalue weighted by molar-refractivity contribution is 6.15. The Bertz CT molecular complexity index is 878. The molecule has 2 unspecified atom stereocenters. The molecule has 1 saturated heterocycles. The van der Waals surface area contributed by atoms with Crippen LogP contribution in [0.5, 0.6) is 5.75 Å². The van der Waals surface area contributed by atoms with Gasteiger partial charge in [0.1, 0.15) is 5.75 Å². The second-order valence-electron chi connectivity index (χ2n) is 6.66. The van der Waals surface area contributed by atoms with E-state index in [2.05, 4.69) is 0 Å². The van der Waals surface area contributed by atoms with E-state index in [0.717, 1.165) is 12.8 Å². The van der Waals surface area contributed by atoms with E-state index in [4.69, 9.17) is 9.15 Å². The molecular weight excluding hydrogens is 350 g/mol. The molecule has 0 spiro atoms. The summed E-state index contributed by atoms with van der Waals surface area (Å²) in [6.07, 6.45) is 2.95. The van der Waals surface area contributed by atoms with Crippen molar-refractivity contribution in [3.63, 3.8) is 0 Å². The number of nitrogens with zero attached hydrogens (tertiary/aromatic N) is 1. The smallest absolute Gasteiger partial charge is 0.290 e. The largest absolute Gasteiger partial charge is 0.508 e. The summed E-state index contributed by atoms with van der Waals surface area (Å²) >= 11 is 0. The summed E-state index contributed by atoms with van der Waals surface area (Å²) in [4.78, 5) is 27.1. The van der Waals surface area contributed by atoms with Gasteiger partial charge in [0, 0.05) is 13.2 Å². The average Bonchev–Trinajstić information content (AvgIpc) is 3.41. The van der Waals surface area contributed by atoms with Crippen molar-refractivity contribution in [2.24, 2.45) is 0 Å². The summed E-state index contributed by atoms with van der Waals surface area (Å²) in [6, 6.07) is 8.50. The van der Waals surface area contributed by atoms with Crippen LogP contribution in [0.3, 0.4) is 0 Å². The Balaban J connectivity index is 1.75. The average molecular weight is 369 g/mol. The van der Waals surface area contributed by atoms with Crippen LogP contribution in [0.15, 0.2) is 58.4 Å². The lowest BCUT2D eigenvalue weighted by molar-refractivity contribution is -0.131. The van der Waals surface area contributed by atoms with E-state index in [1.165, 1.54) is 29.4 Å². The molecule has 2 atom stereocenters. The second kappa shape index (κ2) is 6.92. The van der Waals surface area contributed by atoms with Crippen molar-refractivity contribution >= 4 is 11.7 Å². The summed E-state index contributed by atoms with van der Waals surface area (Å²) in [6.45, 7) is 0.900. The molecule has 2 N–H and O–H groups in total. The number of benzene rings is 1. The Morgan fingerprint density at radius 1 is 1.19 bits per heavy atom. The SMILES string of the molecule is O=C(C1=C(O)C(=O)N(CC2CCCO2)C1c1ccc(O)cc1)c1ccco1. The summed E-state index contributed by atoms with van der Waals surface area (Å²) in [5.41, 5.74) is 0.580. The van der Waals surface area contributed by atoms with E-state index in [1.54, 1.807) is 18.2 Å². The topological polar surface area (TPSA) is 100 Å². The Labute approximate surface area is 155 Å². The fraction of sp³-hybridized carbons (Fsp3) is 0.300. The van der Waals surface area contributed by atoms with Crippen molar-refractivity contribution in [2.75, 3.05) is 13.2 Å². The molecule has 1 fully saturated rings. The minimum atomic E-state index is -0.778. The maximum Gasteiger partial charge on any atom is 0.290 e. The number of aliphatic hydroxyl groups is 1. The van der Waals surface area contributed by atoms with Gasteiger partial charge in [-0.3, -0.25) is 9.59 Å². The first kappa shape index (κ1) is 17.4. The predicted octanol–water partition coefficient (Wildman–Crippen LogP) is 2.74. The van der Waals surface area contributed by atoms with Crippen molar-refractivity contribution < 1.29 is 29.0 Å². The minimum Gasteiger partial charge on any atom is -0.508 e. The van der Waals surface area contributed by atoms with Crippen LogP contribution in [0.25, 0.3) is 0 Å². The first-order valence-electron chi connectivity index (χ1n) is 8.79. The van der Waals surface area contributed by atoms with E-state index in [1.807, 2.05) is 0 Å². The van der Waals surface area contributed by atoms with Crippen molar-refractivity contribution in [2.45, 2.75) is 25.0 Å². The number of carbonyl (C=O) groups excluding carboxylic acids is 2. The summed E-state index contributed by atoms with van der Waals surface area (Å²) in [7, 11) is 0. The Kier molecular flexibility index (Phi) is 4.45. The summed E-state index contributed by atoms with van der Waals surface area (Å²) in [5.74, 6) is -1.61. The molecule has 7 nitrogen and oxygen atoms in total. The third-order valence-electron chi connectivity index (χ3n) is 4.93. The van der Waals surface area contributed by atoms with Gasteiger partial charge in [0.15, 0.2) is 11.5 Å². The molecule has 0 bridgehead atoms. The number of hydrogen-bond donors (Lipinski definition) is 2. The van der Waals surface area contributed by atoms with Crippen LogP contribution in [0.2, 0.25) is 0 Å². The highest BCUT2D eigenvalue weighted by atomic mass is 16.5. The van der Waals surface area contributed by atoms with E-state index in [9.17, 15) is 19.8 Å². The van der Waals surface area contributed by atoms with Crippen LogP contribution < -0.4 is 0 Å². The summed E-state index contributed by atoms with van der Waals surface area (Å²) < 4.78 is 10.8. The van der Waals surface area contributed by atoms with Gasteiger partial charge in [-0.1, -0.05) is 12.1 Å². The predicted molar refractivity (Wildman–Crippen MR) is 94.2 cm³/mol. The van der Waals surface area contributed by atoms with Crippen LogP contribution in [-0.2, 0) is 9.53 Å². The number of aromatic hydroxyl groups is 1. The van der Waals surface area contributed by atoms with Gasteiger partial charge in [-0.05, 0) is 42.7 Å². The number of carbonyl (C=O) groups is 2. The third-order valence-corrected chi connectivity index (χ3v) is 4.93. The van der Waals surface area contributed by atoms with Crippen molar-refractivity contribution in [1.82, 2.24) is 4.90 Å². The second-order valence-corrected chi connectivity index (χ2v) is 6.66. The number of ketones is 1. The Morgan fingerprint density at radius 2 is 1.96 bits per heavy atom. The molecule has 140 valence electrons. The Hall–Kier alpha value is -3.06. The van der Waals surface area contributed by atoms with Gasteiger partial charge in [-0.15, -0.1) is 0 Å². The highest BCUT2D eigenvalue weighted by Gasteiger charge is 2.45. The van der Waals surface area contributed by atoms with E-state index >= 15 is 0 Å². The van der Waals surface area contributed by atoms with Gasteiger partial charge < -0.3 is 24.3 Å². The molecule has 2 aromatic rings. The number of Topliss-reactive ketones (excluding diaryl/α,β-unsaturated/α-hetero) is 1. The van der Waals surface area contributed by atoms with Crippen molar-refractivity contribution in [3.05, 3.63) is 65.3 Å². The van der Waals surface area contributed by atoms with Crippen LogP contribution >= 0.6 is 0 Å². The number of furan rings is 1. The minimum absolute atomic E-state index is 0.0290. The van der Waals surface area contributed by atoms with E-state index < -0.39 is 23.5 Å². The summed E-state index contributed by atoms with van der Waals surface area (Å²) in [5, 5.41) is 20.1. The van der Waals surface area contributed by atoms with Crippen molar-refractivity contribution in [1.29, 1.82) is 0 Å². The van der Waals surface area contributed by atoms with Gasteiger partial charge in [-0.25, -0.2) is 0 Å². The molecule has 2 aliphatic heterocycles. The highest BCUT2D eigenvalue weighted by Crippen LogP contribution is 2.40. The molecular formula is C20H19NO6. The molecule has 3 heterocycles. The maximum atomic E-state index is 12.9. The zero-order chi connectivity index (χ0) is 19.0. The molecule has 27 heavy (non-hydrogen) atoms. The number of ether oxygens (including phenoxy) is 1. The first-order chi connectivity index (χ1) is 13.1. The molecule has 1 aromatic carbocycles. The van der Waals surface area contributed by atoms with Gasteiger partial charge >= 0.3 is 0 Å². The number of rotatable bonds is 5. The number of hydrogen-bond acceptors (Lipinski definition) is 6. The third kappa shape index (κ3) is 3.10. The van der Waals surface area contributed by atoms with Gasteiger partial charge in [0.2, 0.25) is 5.78 Å². The molecule has 1 aromatic heterocycles. The van der Waals surface area contributed by atoms with Crippen LogP contribution in [0.1, 0.15) is 35.0 Å². The number of phenols is 1. The van der Waals surface area contributed by atoms with Crippen molar-refractivity contribution in [3.8, 4) is 5.75 Å². The standard InChI is InChI=1S/C20H19NO6/c22-13-7-5-12(6-8-13)17-16(18(23)15-4-2-10-27-15)19(24)20(25)21(17)11-14-3-1-9-26-14/h2,4-8,10,14,17,22,24H,1,3,9,11H2. The lowest BCUT2D eigenvalue weighted by Crippen LogP contribution is -2.37. The van der Waals surface area contributed by atoms with Crippen LogP contribution in [-0.4, -0.2) is 46.1 Å². The number of aliphatic hydroxyl groups excluding tert-OH is 1. The molecule has 0 radical (unpaired) electrons. The zero-order valence-corrected chi connectivity index (χ0v) is 14.5. The maximum absolute atomic E-state index is 12.9. The lowest BCUT2D eigenvalue weighted by Gasteiger charge is -2.28. The van der Waals surface area contributed by atoms with E-state index in [-0.39, 0.29) is 29.7 Å². The van der Waals surface area contributed by atoms with Gasteiger partial charge in [0.25, 0.3) is 5.91 Å². The van der Waals surface area contributed by atoms with Gasteiger partial charge in [-0.2, -0.15) is 0 Å². The Morgan fingerprint density at radius 3 is 2.59 bits per heavy atom. The fourth-order valence-electron chi connectivity index (χ4n) is 3.63. The monoisotopic (exact) mass is 369 g/mol. The lowest BCUT2D eigenvalue weighted by atomic mass is 9.95. The molecule has 2 aliphatic rings. The first-order valence-corrected chi connectivity index (χ1v) is 8.79. The fourth-order valence-corrected chi connectivity index (χ4v) is 3.63. The van der Waals surface area contributed by atoms with Gasteiger partial charge in [0.05, 0.1) is 24.0 Å². The molecule has 0 aliphatic carbocycles. The number of amides is 1. The molecule has 4 rings (SSSR count). The normalized spacial score (nSPS) is 22.7. The molecule has 1 amide bonds. The molecule has 0 saturated carbocycles. The molecule has 7 heteroatoms.